The van der Waals surface area contributed by atoms with Gasteiger partial charge in [-0.25, -0.2) is 0 Å². The molecule has 1 aromatic heterocycles. The third-order valence-corrected chi connectivity index (χ3v) is 3.31. The Balaban J connectivity index is 2.18. The second-order valence-electron chi connectivity index (χ2n) is 3.76. The Hall–Kier alpha value is -1.62. The minimum Gasteiger partial charge on any atom is -0.483 e. The number of nitrogens with two attached hydrogens (primary N) is 1. The number of aromatic nitrogens is 2. The van der Waals surface area contributed by atoms with Crippen molar-refractivity contribution in [2.24, 2.45) is 0 Å². The number of rotatable bonds is 4. The quantitative estimate of drug-likeness (QED) is 0.905. The predicted octanol–water partition coefficient (Wildman–Crippen LogP) is 2.96. The van der Waals surface area contributed by atoms with E-state index in [9.17, 15) is 0 Å². The van der Waals surface area contributed by atoms with Crippen molar-refractivity contribution in [2.75, 3.05) is 5.73 Å². The van der Waals surface area contributed by atoms with E-state index in [1.54, 1.807) is 0 Å². The van der Waals surface area contributed by atoms with Gasteiger partial charge in [-0.05, 0) is 25.0 Å². The standard InChI is InChI=1S/C12H15N3OS/c1-3-9(11-14-15-12(13)17-11)16-10-7-5-4-6-8(10)2/h4-7,9H,3H2,1-2H3,(H2,13,15). The summed E-state index contributed by atoms with van der Waals surface area (Å²) in [4.78, 5) is 0. The molecule has 0 aliphatic heterocycles. The van der Waals surface area contributed by atoms with Crippen LogP contribution in [-0.2, 0) is 0 Å². The van der Waals surface area contributed by atoms with E-state index in [4.69, 9.17) is 10.5 Å². The van der Waals surface area contributed by atoms with Crippen LogP contribution >= 0.6 is 11.3 Å². The van der Waals surface area contributed by atoms with Gasteiger partial charge < -0.3 is 10.5 Å². The maximum atomic E-state index is 5.95. The summed E-state index contributed by atoms with van der Waals surface area (Å²) in [5, 5.41) is 9.15. The summed E-state index contributed by atoms with van der Waals surface area (Å²) in [5.74, 6) is 0.883. The SMILES string of the molecule is CCC(Oc1ccccc1C)c1nnc(N)s1. The Morgan fingerprint density at radius 2 is 2.12 bits per heavy atom. The molecule has 0 fully saturated rings. The first kappa shape index (κ1) is 11.9. The van der Waals surface area contributed by atoms with Crippen molar-refractivity contribution >= 4 is 16.5 Å². The van der Waals surface area contributed by atoms with E-state index >= 15 is 0 Å². The molecule has 1 atom stereocenters. The number of hydrogen-bond acceptors (Lipinski definition) is 5. The van der Waals surface area contributed by atoms with Crippen LogP contribution in [0.4, 0.5) is 5.13 Å². The summed E-state index contributed by atoms with van der Waals surface area (Å²) in [6.07, 6.45) is 0.758. The number of benzene rings is 1. The molecule has 1 aromatic carbocycles. The Kier molecular flexibility index (Phi) is 3.58. The van der Waals surface area contributed by atoms with E-state index < -0.39 is 0 Å². The Labute approximate surface area is 104 Å². The van der Waals surface area contributed by atoms with Crippen LogP contribution in [0.5, 0.6) is 5.75 Å². The topological polar surface area (TPSA) is 61.0 Å². The average Bonchev–Trinajstić information content (AvgIpc) is 2.75. The minimum absolute atomic E-state index is 0.0779. The first-order valence-corrected chi connectivity index (χ1v) is 6.33. The third kappa shape index (κ3) is 2.74. The molecule has 2 aromatic rings. The molecule has 1 heterocycles. The van der Waals surface area contributed by atoms with Crippen molar-refractivity contribution in [1.82, 2.24) is 10.2 Å². The van der Waals surface area contributed by atoms with Crippen molar-refractivity contribution < 1.29 is 4.74 Å². The van der Waals surface area contributed by atoms with Crippen LogP contribution in [0.2, 0.25) is 0 Å². The first-order valence-electron chi connectivity index (χ1n) is 5.52. The van der Waals surface area contributed by atoms with Gasteiger partial charge in [0.2, 0.25) is 5.13 Å². The normalized spacial score (nSPS) is 12.4. The van der Waals surface area contributed by atoms with Gasteiger partial charge in [0, 0.05) is 0 Å². The molecule has 0 aliphatic rings. The summed E-state index contributed by atoms with van der Waals surface area (Å²) in [6.45, 7) is 4.08. The lowest BCUT2D eigenvalue weighted by atomic mass is 10.2. The largest absolute Gasteiger partial charge is 0.483 e. The molecule has 0 amide bonds. The monoisotopic (exact) mass is 249 g/mol. The molecule has 4 nitrogen and oxygen atoms in total. The molecule has 90 valence electrons. The van der Waals surface area contributed by atoms with Gasteiger partial charge in [-0.2, -0.15) is 0 Å². The summed E-state index contributed by atoms with van der Waals surface area (Å²) in [5.41, 5.74) is 6.70. The molecule has 5 heteroatoms. The second-order valence-corrected chi connectivity index (χ2v) is 4.80. The molecular formula is C12H15N3OS. The minimum atomic E-state index is -0.0779. The van der Waals surface area contributed by atoms with E-state index in [0.717, 1.165) is 22.7 Å². The zero-order valence-electron chi connectivity index (χ0n) is 9.88. The number of hydrogen-bond donors (Lipinski definition) is 1. The highest BCUT2D eigenvalue weighted by Crippen LogP contribution is 2.29. The summed E-state index contributed by atoms with van der Waals surface area (Å²) >= 11 is 1.38. The van der Waals surface area contributed by atoms with Gasteiger partial charge in [-0.15, -0.1) is 10.2 Å². The van der Waals surface area contributed by atoms with Crippen molar-refractivity contribution in [1.29, 1.82) is 0 Å². The van der Waals surface area contributed by atoms with Gasteiger partial charge in [0.25, 0.3) is 0 Å². The van der Waals surface area contributed by atoms with Crippen molar-refractivity contribution in [3.8, 4) is 5.75 Å². The fraction of sp³-hybridized carbons (Fsp3) is 0.333. The lowest BCUT2D eigenvalue weighted by Crippen LogP contribution is -2.06. The highest BCUT2D eigenvalue weighted by atomic mass is 32.1. The van der Waals surface area contributed by atoms with E-state index in [1.165, 1.54) is 11.3 Å². The Morgan fingerprint density at radius 1 is 1.35 bits per heavy atom. The van der Waals surface area contributed by atoms with E-state index in [0.29, 0.717) is 5.13 Å². The fourth-order valence-corrected chi connectivity index (χ4v) is 2.25. The Bertz CT molecular complexity index is 498. The smallest absolute Gasteiger partial charge is 0.203 e. The van der Waals surface area contributed by atoms with E-state index in [-0.39, 0.29) is 6.10 Å². The maximum Gasteiger partial charge on any atom is 0.203 e. The molecule has 0 spiro atoms. The number of aryl methyl sites for hydroxylation is 1. The molecule has 0 saturated carbocycles. The van der Waals surface area contributed by atoms with Gasteiger partial charge in [0.15, 0.2) is 11.1 Å². The van der Waals surface area contributed by atoms with Gasteiger partial charge in [0.05, 0.1) is 0 Å². The van der Waals surface area contributed by atoms with Crippen LogP contribution in [0.15, 0.2) is 24.3 Å². The van der Waals surface area contributed by atoms with Crippen LogP contribution in [0, 0.1) is 6.92 Å². The third-order valence-electron chi connectivity index (χ3n) is 2.47. The van der Waals surface area contributed by atoms with Crippen LogP contribution < -0.4 is 10.5 Å². The molecule has 2 N–H and O–H groups in total. The van der Waals surface area contributed by atoms with Crippen LogP contribution in [0.3, 0.4) is 0 Å². The molecule has 17 heavy (non-hydrogen) atoms. The second kappa shape index (κ2) is 5.14. The zero-order valence-corrected chi connectivity index (χ0v) is 10.7. The van der Waals surface area contributed by atoms with Crippen LogP contribution in [-0.4, -0.2) is 10.2 Å². The van der Waals surface area contributed by atoms with Gasteiger partial charge >= 0.3 is 0 Å². The van der Waals surface area contributed by atoms with Gasteiger partial charge in [0.1, 0.15) is 5.75 Å². The number of ether oxygens (including phenoxy) is 1. The van der Waals surface area contributed by atoms with Crippen LogP contribution in [0.25, 0.3) is 0 Å². The number of nitrogen functional groups attached to an aromatic ring is 1. The Morgan fingerprint density at radius 3 is 2.71 bits per heavy atom. The molecule has 2 rings (SSSR count). The summed E-state index contributed by atoms with van der Waals surface area (Å²) in [7, 11) is 0. The average molecular weight is 249 g/mol. The molecule has 1 unspecified atom stereocenters. The number of para-hydroxylation sites is 1. The molecule has 0 bridgehead atoms. The fourth-order valence-electron chi connectivity index (χ4n) is 1.53. The lowest BCUT2D eigenvalue weighted by molar-refractivity contribution is 0.198. The molecule has 0 saturated heterocycles. The van der Waals surface area contributed by atoms with E-state index in [1.807, 2.05) is 31.2 Å². The maximum absolute atomic E-state index is 5.95. The summed E-state index contributed by atoms with van der Waals surface area (Å²) in [6, 6.07) is 7.94. The van der Waals surface area contributed by atoms with Crippen molar-refractivity contribution in [3.05, 3.63) is 34.8 Å². The van der Waals surface area contributed by atoms with Gasteiger partial charge in [-0.3, -0.25) is 0 Å². The highest BCUT2D eigenvalue weighted by molar-refractivity contribution is 7.15. The summed E-state index contributed by atoms with van der Waals surface area (Å²) < 4.78 is 5.95. The van der Waals surface area contributed by atoms with Crippen molar-refractivity contribution in [2.45, 2.75) is 26.4 Å². The van der Waals surface area contributed by atoms with Crippen molar-refractivity contribution in [3.63, 3.8) is 0 Å². The zero-order chi connectivity index (χ0) is 12.3. The number of anilines is 1. The van der Waals surface area contributed by atoms with Crippen LogP contribution in [0.1, 0.15) is 30.0 Å². The number of nitrogens with zero attached hydrogens (tertiary/aromatic N) is 2. The first-order chi connectivity index (χ1) is 8.20. The molecule has 0 aliphatic carbocycles. The predicted molar refractivity (Wildman–Crippen MR) is 69.2 cm³/mol. The highest BCUT2D eigenvalue weighted by Gasteiger charge is 2.16. The molecule has 0 radical (unpaired) electrons. The lowest BCUT2D eigenvalue weighted by Gasteiger charge is -2.16. The molecular weight excluding hydrogens is 234 g/mol. The van der Waals surface area contributed by atoms with E-state index in [2.05, 4.69) is 17.1 Å². The van der Waals surface area contributed by atoms with Gasteiger partial charge in [-0.1, -0.05) is 36.5 Å².